The summed E-state index contributed by atoms with van der Waals surface area (Å²) in [6.45, 7) is 1.88. The maximum Gasteiger partial charge on any atom is 0.401 e. The number of likely N-dealkylation sites (tertiary alicyclic amines) is 1. The zero-order chi connectivity index (χ0) is 13.9. The van der Waals surface area contributed by atoms with Crippen LogP contribution in [-0.2, 0) is 13.6 Å². The van der Waals surface area contributed by atoms with Crippen molar-refractivity contribution >= 4 is 0 Å². The number of rotatable bonds is 5. The lowest BCUT2D eigenvalue weighted by molar-refractivity contribution is -0.143. The molecule has 0 radical (unpaired) electrons. The van der Waals surface area contributed by atoms with Gasteiger partial charge in [0.25, 0.3) is 0 Å². The minimum Gasteiger partial charge on any atom is -0.357 e. The van der Waals surface area contributed by atoms with Crippen LogP contribution in [0.25, 0.3) is 0 Å². The van der Waals surface area contributed by atoms with Crippen molar-refractivity contribution in [3.8, 4) is 0 Å². The first-order valence-corrected chi connectivity index (χ1v) is 6.53. The quantitative estimate of drug-likeness (QED) is 0.887. The molecule has 0 spiro atoms. The molecule has 1 saturated heterocycles. The van der Waals surface area contributed by atoms with Gasteiger partial charge in [-0.05, 0) is 37.1 Å². The molecule has 0 aromatic carbocycles. The molecule has 2 heterocycles. The normalized spacial score (nSPS) is 21.2. The minimum atomic E-state index is -4.08. The molecule has 1 unspecified atom stereocenters. The van der Waals surface area contributed by atoms with Crippen LogP contribution in [0.1, 0.15) is 12.0 Å². The monoisotopic (exact) mass is 275 g/mol. The summed E-state index contributed by atoms with van der Waals surface area (Å²) in [7, 11) is 1.97. The van der Waals surface area contributed by atoms with Crippen molar-refractivity contribution < 1.29 is 13.2 Å². The Morgan fingerprint density at radius 3 is 2.84 bits per heavy atom. The van der Waals surface area contributed by atoms with Gasteiger partial charge in [-0.25, -0.2) is 0 Å². The van der Waals surface area contributed by atoms with E-state index in [9.17, 15) is 13.2 Å². The van der Waals surface area contributed by atoms with Gasteiger partial charge < -0.3 is 9.88 Å². The van der Waals surface area contributed by atoms with Gasteiger partial charge in [-0.3, -0.25) is 4.90 Å². The molecular formula is C13H20F3N3. The molecule has 108 valence electrons. The topological polar surface area (TPSA) is 20.2 Å². The number of nitrogens with zero attached hydrogens (tertiary/aromatic N) is 2. The first-order valence-electron chi connectivity index (χ1n) is 6.53. The molecule has 2 rings (SSSR count). The Morgan fingerprint density at radius 1 is 1.42 bits per heavy atom. The fourth-order valence-corrected chi connectivity index (χ4v) is 2.56. The molecule has 1 aromatic heterocycles. The second kappa shape index (κ2) is 5.96. The fraction of sp³-hybridized carbons (Fsp3) is 0.692. The third-order valence-electron chi connectivity index (χ3n) is 3.43. The Kier molecular flexibility index (Phi) is 4.52. The van der Waals surface area contributed by atoms with Crippen LogP contribution in [0.4, 0.5) is 13.2 Å². The minimum absolute atomic E-state index is 0.325. The van der Waals surface area contributed by atoms with E-state index in [-0.39, 0.29) is 0 Å². The Morgan fingerprint density at radius 2 is 2.21 bits per heavy atom. The number of alkyl halides is 3. The molecule has 0 bridgehead atoms. The van der Waals surface area contributed by atoms with Crippen molar-refractivity contribution in [2.45, 2.75) is 19.1 Å². The highest BCUT2D eigenvalue weighted by atomic mass is 19.4. The SMILES string of the molecule is Cn1ccc(CNCC2CCN(CC(F)(F)F)C2)c1. The highest BCUT2D eigenvalue weighted by Gasteiger charge is 2.34. The van der Waals surface area contributed by atoms with E-state index >= 15 is 0 Å². The number of nitrogens with one attached hydrogen (secondary N) is 1. The van der Waals surface area contributed by atoms with Crippen molar-refractivity contribution in [2.24, 2.45) is 13.0 Å². The van der Waals surface area contributed by atoms with Crippen molar-refractivity contribution in [3.05, 3.63) is 24.0 Å². The molecule has 0 amide bonds. The van der Waals surface area contributed by atoms with Crippen LogP contribution in [0.2, 0.25) is 0 Å². The smallest absolute Gasteiger partial charge is 0.357 e. The van der Waals surface area contributed by atoms with Crippen molar-refractivity contribution in [1.29, 1.82) is 0 Å². The first-order chi connectivity index (χ1) is 8.92. The van der Waals surface area contributed by atoms with Gasteiger partial charge in [-0.15, -0.1) is 0 Å². The summed E-state index contributed by atoms with van der Waals surface area (Å²) in [5.74, 6) is 0.325. The molecule has 0 saturated carbocycles. The highest BCUT2D eigenvalue weighted by Crippen LogP contribution is 2.22. The Balaban J connectivity index is 1.65. The largest absolute Gasteiger partial charge is 0.401 e. The number of hydrogen-bond donors (Lipinski definition) is 1. The fourth-order valence-electron chi connectivity index (χ4n) is 2.56. The molecule has 1 aliphatic rings. The molecular weight excluding hydrogens is 255 g/mol. The van der Waals surface area contributed by atoms with Gasteiger partial charge >= 0.3 is 6.18 Å². The number of hydrogen-bond acceptors (Lipinski definition) is 2. The Hall–Kier alpha value is -1.01. The third kappa shape index (κ3) is 4.87. The molecule has 1 atom stereocenters. The zero-order valence-corrected chi connectivity index (χ0v) is 11.1. The zero-order valence-electron chi connectivity index (χ0n) is 11.1. The lowest BCUT2D eigenvalue weighted by Crippen LogP contribution is -2.33. The van der Waals surface area contributed by atoms with Gasteiger partial charge in [0.1, 0.15) is 0 Å². The maximum atomic E-state index is 12.3. The van der Waals surface area contributed by atoms with E-state index in [1.54, 1.807) is 0 Å². The van der Waals surface area contributed by atoms with Gasteiger partial charge in [0.15, 0.2) is 0 Å². The van der Waals surface area contributed by atoms with E-state index in [0.29, 0.717) is 19.0 Å². The van der Waals surface area contributed by atoms with Crippen LogP contribution < -0.4 is 5.32 Å². The summed E-state index contributed by atoms with van der Waals surface area (Å²) in [5, 5.41) is 3.32. The molecule has 19 heavy (non-hydrogen) atoms. The van der Waals surface area contributed by atoms with Crippen LogP contribution in [0.15, 0.2) is 18.5 Å². The van der Waals surface area contributed by atoms with Crippen molar-refractivity contribution in [2.75, 3.05) is 26.2 Å². The summed E-state index contributed by atoms with van der Waals surface area (Å²) >= 11 is 0. The van der Waals surface area contributed by atoms with E-state index in [2.05, 4.69) is 5.32 Å². The second-order valence-corrected chi connectivity index (χ2v) is 5.32. The molecule has 0 aliphatic carbocycles. The molecule has 1 fully saturated rings. The second-order valence-electron chi connectivity index (χ2n) is 5.32. The van der Waals surface area contributed by atoms with E-state index < -0.39 is 12.7 Å². The predicted octanol–water partition coefficient (Wildman–Crippen LogP) is 2.00. The lowest BCUT2D eigenvalue weighted by atomic mass is 10.1. The Bertz CT molecular complexity index is 400. The average molecular weight is 275 g/mol. The first kappa shape index (κ1) is 14.4. The summed E-state index contributed by atoms with van der Waals surface area (Å²) in [4.78, 5) is 1.49. The highest BCUT2D eigenvalue weighted by molar-refractivity contribution is 5.09. The van der Waals surface area contributed by atoms with E-state index in [4.69, 9.17) is 0 Å². The van der Waals surface area contributed by atoms with Gasteiger partial charge in [0, 0.05) is 32.5 Å². The van der Waals surface area contributed by atoms with Gasteiger partial charge in [0.2, 0.25) is 0 Å². The van der Waals surface area contributed by atoms with Gasteiger partial charge in [0.05, 0.1) is 6.54 Å². The van der Waals surface area contributed by atoms with Crippen LogP contribution >= 0.6 is 0 Å². The van der Waals surface area contributed by atoms with Gasteiger partial charge in [-0.1, -0.05) is 0 Å². The maximum absolute atomic E-state index is 12.3. The third-order valence-corrected chi connectivity index (χ3v) is 3.43. The average Bonchev–Trinajstić information content (AvgIpc) is 2.86. The standard InChI is InChI=1S/C13H20F3N3/c1-18-4-2-11(8-18)6-17-7-12-3-5-19(9-12)10-13(14,15)16/h2,4,8,12,17H,3,5-7,9-10H2,1H3. The molecule has 6 heteroatoms. The van der Waals surface area contributed by atoms with Crippen LogP contribution in [0.3, 0.4) is 0 Å². The summed E-state index contributed by atoms with van der Waals surface area (Å²) in [6, 6.07) is 2.04. The lowest BCUT2D eigenvalue weighted by Gasteiger charge is -2.17. The number of halogens is 3. The van der Waals surface area contributed by atoms with Crippen LogP contribution in [0.5, 0.6) is 0 Å². The van der Waals surface area contributed by atoms with Crippen LogP contribution in [0, 0.1) is 5.92 Å². The van der Waals surface area contributed by atoms with E-state index in [0.717, 1.165) is 19.5 Å². The van der Waals surface area contributed by atoms with Crippen LogP contribution in [-0.4, -0.2) is 41.8 Å². The van der Waals surface area contributed by atoms with Gasteiger partial charge in [-0.2, -0.15) is 13.2 Å². The Labute approximate surface area is 111 Å². The number of aryl methyl sites for hydroxylation is 1. The van der Waals surface area contributed by atoms with Crippen molar-refractivity contribution in [3.63, 3.8) is 0 Å². The summed E-state index contributed by atoms with van der Waals surface area (Å²) < 4.78 is 38.7. The molecule has 1 N–H and O–H groups in total. The number of aromatic nitrogens is 1. The molecule has 1 aromatic rings. The summed E-state index contributed by atoms with van der Waals surface area (Å²) in [5.41, 5.74) is 1.20. The molecule has 3 nitrogen and oxygen atoms in total. The van der Waals surface area contributed by atoms with Crippen molar-refractivity contribution in [1.82, 2.24) is 14.8 Å². The summed E-state index contributed by atoms with van der Waals surface area (Å²) in [6.07, 6.45) is 0.791. The molecule has 1 aliphatic heterocycles. The predicted molar refractivity (Wildman–Crippen MR) is 67.7 cm³/mol. The van der Waals surface area contributed by atoms with E-state index in [1.165, 1.54) is 10.5 Å². The van der Waals surface area contributed by atoms with E-state index in [1.807, 2.05) is 30.1 Å².